The molecule has 0 amide bonds. The number of aliphatic imine (C=N–C) groups is 1. The molecule has 7 heteroatoms. The number of aryl methyl sites for hydroxylation is 1. The van der Waals surface area contributed by atoms with Crippen LogP contribution in [-0.4, -0.2) is 22.6 Å². The summed E-state index contributed by atoms with van der Waals surface area (Å²) >= 11 is 0. The van der Waals surface area contributed by atoms with Crippen LogP contribution in [0.2, 0.25) is 0 Å². The topological polar surface area (TPSA) is 88.5 Å². The molecule has 2 heterocycles. The van der Waals surface area contributed by atoms with Crippen molar-refractivity contribution < 1.29 is 8.94 Å². The van der Waals surface area contributed by atoms with Crippen LogP contribution in [0, 0.1) is 6.92 Å². The molecule has 3 aromatic rings. The summed E-state index contributed by atoms with van der Waals surface area (Å²) in [6, 6.07) is 9.88. The molecule has 0 unspecified atom stereocenters. The lowest BCUT2D eigenvalue weighted by Gasteiger charge is -2.09. The van der Waals surface area contributed by atoms with Gasteiger partial charge in [0.05, 0.1) is 13.1 Å². The highest BCUT2D eigenvalue weighted by atomic mass is 16.5. The molecule has 0 fully saturated rings. The smallest absolute Gasteiger partial charge is 0.226 e. The fourth-order valence-corrected chi connectivity index (χ4v) is 2.21. The Morgan fingerprint density at radius 2 is 1.96 bits per heavy atom. The Bertz CT molecular complexity index is 806. The summed E-state index contributed by atoms with van der Waals surface area (Å²) in [7, 11) is 0. The molecule has 0 bridgehead atoms. The Balaban J connectivity index is 1.63. The Morgan fingerprint density at radius 1 is 1.12 bits per heavy atom. The second-order valence-electron chi connectivity index (χ2n) is 5.55. The van der Waals surface area contributed by atoms with E-state index in [1.165, 1.54) is 5.56 Å². The van der Waals surface area contributed by atoms with E-state index in [9.17, 15) is 0 Å². The molecule has 0 aliphatic heterocycles. The number of guanidine groups is 1. The quantitative estimate of drug-likeness (QED) is 0.530. The van der Waals surface area contributed by atoms with Gasteiger partial charge in [0.2, 0.25) is 5.89 Å². The average molecular weight is 339 g/mol. The van der Waals surface area contributed by atoms with E-state index in [-0.39, 0.29) is 0 Å². The molecule has 1 aromatic carbocycles. The molecule has 0 saturated heterocycles. The summed E-state index contributed by atoms with van der Waals surface area (Å²) in [6.45, 7) is 5.78. The van der Waals surface area contributed by atoms with Gasteiger partial charge in [-0.05, 0) is 26.0 Å². The van der Waals surface area contributed by atoms with E-state index in [0.29, 0.717) is 24.9 Å². The maximum atomic E-state index is 5.56. The minimum Gasteiger partial charge on any atom is -0.444 e. The van der Waals surface area contributed by atoms with Crippen LogP contribution in [-0.2, 0) is 13.1 Å². The Kier molecular flexibility index (Phi) is 5.46. The number of benzene rings is 1. The van der Waals surface area contributed by atoms with Gasteiger partial charge in [0.15, 0.2) is 5.96 Å². The van der Waals surface area contributed by atoms with Crippen LogP contribution >= 0.6 is 0 Å². The number of nitrogens with zero attached hydrogens (tertiary/aromatic N) is 3. The first kappa shape index (κ1) is 16.8. The van der Waals surface area contributed by atoms with Crippen LogP contribution in [0.5, 0.6) is 0 Å². The zero-order valence-electron chi connectivity index (χ0n) is 14.3. The summed E-state index contributed by atoms with van der Waals surface area (Å²) < 4.78 is 10.4. The molecule has 0 aliphatic carbocycles. The standard InChI is InChI=1S/C18H21N5O2/c1-3-19-18(20-10-15-8-9-25-23-15)21-11-16-12-24-17(22-16)14-6-4-13(2)5-7-14/h4-9,12H,3,10-11H2,1-2H3,(H2,19,20,21). The number of aromatic nitrogens is 2. The summed E-state index contributed by atoms with van der Waals surface area (Å²) in [5.74, 6) is 1.29. The Morgan fingerprint density at radius 3 is 2.68 bits per heavy atom. The van der Waals surface area contributed by atoms with E-state index in [4.69, 9.17) is 8.94 Å². The van der Waals surface area contributed by atoms with Gasteiger partial charge < -0.3 is 19.6 Å². The molecule has 0 spiro atoms. The van der Waals surface area contributed by atoms with Crippen molar-refractivity contribution in [2.75, 3.05) is 6.54 Å². The van der Waals surface area contributed by atoms with E-state index < -0.39 is 0 Å². The van der Waals surface area contributed by atoms with Crippen molar-refractivity contribution in [1.82, 2.24) is 20.8 Å². The zero-order valence-corrected chi connectivity index (χ0v) is 14.3. The summed E-state index contributed by atoms with van der Waals surface area (Å²) in [5.41, 5.74) is 3.74. The number of rotatable bonds is 6. The van der Waals surface area contributed by atoms with E-state index in [1.54, 1.807) is 12.5 Å². The van der Waals surface area contributed by atoms with Gasteiger partial charge in [-0.3, -0.25) is 0 Å². The van der Waals surface area contributed by atoms with Gasteiger partial charge in [-0.25, -0.2) is 9.98 Å². The number of hydrogen-bond acceptors (Lipinski definition) is 5. The van der Waals surface area contributed by atoms with Gasteiger partial charge in [-0.15, -0.1) is 0 Å². The average Bonchev–Trinajstić information content (AvgIpc) is 3.30. The highest BCUT2D eigenvalue weighted by molar-refractivity contribution is 5.79. The first-order valence-electron chi connectivity index (χ1n) is 8.17. The summed E-state index contributed by atoms with van der Waals surface area (Å²) in [4.78, 5) is 9.01. The molecule has 0 radical (unpaired) electrons. The van der Waals surface area contributed by atoms with Crippen molar-refractivity contribution in [3.63, 3.8) is 0 Å². The third-order valence-electron chi connectivity index (χ3n) is 3.52. The molecular weight excluding hydrogens is 318 g/mol. The van der Waals surface area contributed by atoms with Gasteiger partial charge in [-0.1, -0.05) is 22.9 Å². The fraction of sp³-hybridized carbons (Fsp3) is 0.278. The highest BCUT2D eigenvalue weighted by Gasteiger charge is 2.07. The lowest BCUT2D eigenvalue weighted by molar-refractivity contribution is 0.410. The minimum atomic E-state index is 0.420. The number of oxazole rings is 1. The second-order valence-corrected chi connectivity index (χ2v) is 5.55. The van der Waals surface area contributed by atoms with Crippen LogP contribution in [0.3, 0.4) is 0 Å². The minimum absolute atomic E-state index is 0.420. The first-order valence-corrected chi connectivity index (χ1v) is 8.17. The Hall–Kier alpha value is -3.09. The summed E-state index contributed by atoms with van der Waals surface area (Å²) in [6.07, 6.45) is 3.18. The van der Waals surface area contributed by atoms with E-state index in [2.05, 4.69) is 25.8 Å². The van der Waals surface area contributed by atoms with Gasteiger partial charge in [-0.2, -0.15) is 0 Å². The van der Waals surface area contributed by atoms with Crippen molar-refractivity contribution in [3.8, 4) is 11.5 Å². The van der Waals surface area contributed by atoms with Gasteiger partial charge in [0.1, 0.15) is 23.9 Å². The highest BCUT2D eigenvalue weighted by Crippen LogP contribution is 2.19. The monoisotopic (exact) mass is 339 g/mol. The molecule has 130 valence electrons. The van der Waals surface area contributed by atoms with Crippen molar-refractivity contribution in [2.24, 2.45) is 4.99 Å². The normalized spacial score (nSPS) is 11.5. The van der Waals surface area contributed by atoms with E-state index in [1.807, 2.05) is 44.2 Å². The maximum Gasteiger partial charge on any atom is 0.226 e. The van der Waals surface area contributed by atoms with Gasteiger partial charge >= 0.3 is 0 Å². The third kappa shape index (κ3) is 4.69. The molecule has 25 heavy (non-hydrogen) atoms. The summed E-state index contributed by atoms with van der Waals surface area (Å²) in [5, 5.41) is 10.2. The molecule has 7 nitrogen and oxygen atoms in total. The SMILES string of the molecule is CCNC(=NCc1coc(-c2ccc(C)cc2)n1)NCc1ccon1. The molecule has 0 atom stereocenters. The Labute approximate surface area is 146 Å². The van der Waals surface area contributed by atoms with E-state index in [0.717, 1.165) is 23.5 Å². The lowest BCUT2D eigenvalue weighted by atomic mass is 10.1. The zero-order chi connectivity index (χ0) is 17.5. The lowest BCUT2D eigenvalue weighted by Crippen LogP contribution is -2.36. The molecule has 2 N–H and O–H groups in total. The van der Waals surface area contributed by atoms with E-state index >= 15 is 0 Å². The molecular formula is C18H21N5O2. The molecule has 0 aliphatic rings. The second kappa shape index (κ2) is 8.14. The van der Waals surface area contributed by atoms with Crippen LogP contribution in [0.4, 0.5) is 0 Å². The van der Waals surface area contributed by atoms with Gasteiger partial charge in [0, 0.05) is 18.2 Å². The van der Waals surface area contributed by atoms with Crippen LogP contribution in [0.1, 0.15) is 23.9 Å². The fourth-order valence-electron chi connectivity index (χ4n) is 2.21. The predicted octanol–water partition coefficient (Wildman–Crippen LogP) is 2.89. The number of hydrogen-bond donors (Lipinski definition) is 2. The maximum absolute atomic E-state index is 5.56. The first-order chi connectivity index (χ1) is 12.2. The van der Waals surface area contributed by atoms with Crippen LogP contribution in [0.15, 0.2) is 56.8 Å². The molecule has 2 aromatic heterocycles. The predicted molar refractivity (Wildman–Crippen MR) is 94.8 cm³/mol. The van der Waals surface area contributed by atoms with Crippen molar-refractivity contribution in [2.45, 2.75) is 26.9 Å². The van der Waals surface area contributed by atoms with Gasteiger partial charge in [0.25, 0.3) is 0 Å². The van der Waals surface area contributed by atoms with Crippen molar-refractivity contribution in [1.29, 1.82) is 0 Å². The van der Waals surface area contributed by atoms with Crippen molar-refractivity contribution in [3.05, 3.63) is 59.8 Å². The third-order valence-corrected chi connectivity index (χ3v) is 3.52. The number of nitrogens with one attached hydrogen (secondary N) is 2. The molecule has 3 rings (SSSR count). The van der Waals surface area contributed by atoms with Crippen LogP contribution < -0.4 is 10.6 Å². The van der Waals surface area contributed by atoms with Crippen LogP contribution in [0.25, 0.3) is 11.5 Å². The van der Waals surface area contributed by atoms with Crippen molar-refractivity contribution >= 4 is 5.96 Å². The largest absolute Gasteiger partial charge is 0.444 e. The molecule has 0 saturated carbocycles.